The number of alkyl halides is 1. The summed E-state index contributed by atoms with van der Waals surface area (Å²) in [7, 11) is 0. The van der Waals surface area contributed by atoms with E-state index in [1.165, 1.54) is 5.56 Å². The average Bonchev–Trinajstić information content (AvgIpc) is 2.77. The standard InChI is InChI=1S/C15H18ClNO/c1-15(2,3)12-7-5-4-6-11(12)13-10-17-14(18-13)8-9-16/h4-7,10H,8-9H2,1-3H3. The molecule has 1 heterocycles. The molecule has 0 aliphatic carbocycles. The summed E-state index contributed by atoms with van der Waals surface area (Å²) in [6, 6.07) is 8.29. The molecule has 0 radical (unpaired) electrons. The topological polar surface area (TPSA) is 26.0 Å². The molecule has 0 fully saturated rings. The van der Waals surface area contributed by atoms with Crippen LogP contribution < -0.4 is 0 Å². The van der Waals surface area contributed by atoms with Crippen LogP contribution >= 0.6 is 11.6 Å². The second kappa shape index (κ2) is 5.15. The third kappa shape index (κ3) is 2.75. The van der Waals surface area contributed by atoms with Gasteiger partial charge in [-0.05, 0) is 11.0 Å². The van der Waals surface area contributed by atoms with Gasteiger partial charge in [0.25, 0.3) is 0 Å². The Morgan fingerprint density at radius 3 is 2.61 bits per heavy atom. The maximum Gasteiger partial charge on any atom is 0.196 e. The highest BCUT2D eigenvalue weighted by Gasteiger charge is 2.20. The molecule has 0 aliphatic rings. The summed E-state index contributed by atoms with van der Waals surface area (Å²) < 4.78 is 5.75. The first-order chi connectivity index (χ1) is 8.52. The molecule has 1 aromatic carbocycles. The van der Waals surface area contributed by atoms with Crippen molar-refractivity contribution in [3.05, 3.63) is 41.9 Å². The van der Waals surface area contributed by atoms with Crippen LogP contribution in [-0.4, -0.2) is 10.9 Å². The van der Waals surface area contributed by atoms with Gasteiger partial charge in [-0.1, -0.05) is 45.0 Å². The Hall–Kier alpha value is -1.28. The summed E-state index contributed by atoms with van der Waals surface area (Å²) in [5.41, 5.74) is 2.45. The summed E-state index contributed by atoms with van der Waals surface area (Å²) in [5, 5.41) is 0. The fourth-order valence-electron chi connectivity index (χ4n) is 1.98. The maximum atomic E-state index is 5.75. The minimum absolute atomic E-state index is 0.0794. The van der Waals surface area contributed by atoms with E-state index in [4.69, 9.17) is 16.0 Å². The van der Waals surface area contributed by atoms with Crippen molar-refractivity contribution in [2.45, 2.75) is 32.6 Å². The Labute approximate surface area is 113 Å². The van der Waals surface area contributed by atoms with Crippen molar-refractivity contribution in [1.82, 2.24) is 4.98 Å². The predicted molar refractivity (Wildman–Crippen MR) is 75.1 cm³/mol. The molecule has 2 rings (SSSR count). The van der Waals surface area contributed by atoms with E-state index >= 15 is 0 Å². The Bertz CT molecular complexity index is 525. The number of rotatable bonds is 3. The number of hydrogen-bond donors (Lipinski definition) is 0. The van der Waals surface area contributed by atoms with Crippen LogP contribution in [-0.2, 0) is 11.8 Å². The average molecular weight is 264 g/mol. The van der Waals surface area contributed by atoms with Crippen LogP contribution in [0.2, 0.25) is 0 Å². The number of halogens is 1. The molecule has 0 unspecified atom stereocenters. The molecule has 96 valence electrons. The molecular weight excluding hydrogens is 246 g/mol. The van der Waals surface area contributed by atoms with Crippen LogP contribution in [0.4, 0.5) is 0 Å². The number of nitrogens with zero attached hydrogens (tertiary/aromatic N) is 1. The minimum atomic E-state index is 0.0794. The van der Waals surface area contributed by atoms with Crippen molar-refractivity contribution < 1.29 is 4.42 Å². The highest BCUT2D eigenvalue weighted by atomic mass is 35.5. The molecule has 18 heavy (non-hydrogen) atoms. The molecule has 0 N–H and O–H groups in total. The molecule has 0 saturated heterocycles. The van der Waals surface area contributed by atoms with E-state index in [2.05, 4.69) is 44.0 Å². The molecular formula is C15H18ClNO. The van der Waals surface area contributed by atoms with E-state index in [0.29, 0.717) is 18.2 Å². The van der Waals surface area contributed by atoms with Crippen molar-refractivity contribution >= 4 is 11.6 Å². The zero-order chi connectivity index (χ0) is 13.2. The first-order valence-corrected chi connectivity index (χ1v) is 6.66. The molecule has 3 heteroatoms. The quantitative estimate of drug-likeness (QED) is 0.766. The molecule has 0 aliphatic heterocycles. The van der Waals surface area contributed by atoms with Crippen molar-refractivity contribution in [2.24, 2.45) is 0 Å². The second-order valence-corrected chi connectivity index (χ2v) is 5.73. The van der Waals surface area contributed by atoms with Gasteiger partial charge in [-0.15, -0.1) is 11.6 Å². The molecule has 2 nitrogen and oxygen atoms in total. The van der Waals surface area contributed by atoms with E-state index in [1.807, 2.05) is 6.07 Å². The molecule has 0 saturated carbocycles. The Kier molecular flexibility index (Phi) is 3.76. The van der Waals surface area contributed by atoms with Crippen LogP contribution in [0.15, 0.2) is 34.9 Å². The van der Waals surface area contributed by atoms with E-state index in [1.54, 1.807) is 6.20 Å². The third-order valence-electron chi connectivity index (χ3n) is 2.86. The summed E-state index contributed by atoms with van der Waals surface area (Å²) >= 11 is 5.70. The van der Waals surface area contributed by atoms with Crippen molar-refractivity contribution in [1.29, 1.82) is 0 Å². The molecule has 0 atom stereocenters. The first kappa shape index (κ1) is 13.2. The summed E-state index contributed by atoms with van der Waals surface area (Å²) in [4.78, 5) is 4.25. The molecule has 0 spiro atoms. The molecule has 1 aromatic heterocycles. The van der Waals surface area contributed by atoms with E-state index in [9.17, 15) is 0 Å². The smallest absolute Gasteiger partial charge is 0.196 e. The molecule has 0 bridgehead atoms. The Morgan fingerprint density at radius 1 is 1.22 bits per heavy atom. The zero-order valence-corrected chi connectivity index (χ0v) is 11.8. The van der Waals surface area contributed by atoms with Crippen molar-refractivity contribution in [3.63, 3.8) is 0 Å². The van der Waals surface area contributed by atoms with Crippen LogP contribution in [0.1, 0.15) is 32.2 Å². The second-order valence-electron chi connectivity index (χ2n) is 5.35. The monoisotopic (exact) mass is 263 g/mol. The van der Waals surface area contributed by atoms with Gasteiger partial charge in [0.2, 0.25) is 0 Å². The van der Waals surface area contributed by atoms with Gasteiger partial charge in [0.05, 0.1) is 6.20 Å². The van der Waals surface area contributed by atoms with E-state index in [0.717, 1.165) is 11.3 Å². The lowest BCUT2D eigenvalue weighted by Gasteiger charge is -2.21. The highest BCUT2D eigenvalue weighted by Crippen LogP contribution is 2.33. The molecule has 0 amide bonds. The van der Waals surface area contributed by atoms with E-state index < -0.39 is 0 Å². The van der Waals surface area contributed by atoms with Crippen LogP contribution in [0.3, 0.4) is 0 Å². The van der Waals surface area contributed by atoms with Gasteiger partial charge in [-0.2, -0.15) is 0 Å². The lowest BCUT2D eigenvalue weighted by Crippen LogP contribution is -2.12. The predicted octanol–water partition coefficient (Wildman–Crippen LogP) is 4.42. The zero-order valence-electron chi connectivity index (χ0n) is 11.0. The van der Waals surface area contributed by atoms with Gasteiger partial charge in [0.15, 0.2) is 11.7 Å². The Balaban J connectivity index is 2.43. The number of hydrogen-bond acceptors (Lipinski definition) is 2. The SMILES string of the molecule is CC(C)(C)c1ccccc1-c1cnc(CCCl)o1. The van der Waals surface area contributed by atoms with Crippen molar-refractivity contribution in [3.8, 4) is 11.3 Å². The first-order valence-electron chi connectivity index (χ1n) is 6.13. The normalized spacial score (nSPS) is 11.8. The maximum absolute atomic E-state index is 5.75. The summed E-state index contributed by atoms with van der Waals surface area (Å²) in [6.07, 6.45) is 2.45. The lowest BCUT2D eigenvalue weighted by molar-refractivity contribution is 0.511. The van der Waals surface area contributed by atoms with Crippen molar-refractivity contribution in [2.75, 3.05) is 5.88 Å². The van der Waals surface area contributed by atoms with E-state index in [-0.39, 0.29) is 5.41 Å². The lowest BCUT2D eigenvalue weighted by atomic mass is 9.83. The molecule has 2 aromatic rings. The highest BCUT2D eigenvalue weighted by molar-refractivity contribution is 6.17. The van der Waals surface area contributed by atoms with Gasteiger partial charge in [-0.25, -0.2) is 4.98 Å². The number of aryl methyl sites for hydroxylation is 1. The van der Waals surface area contributed by atoms with Gasteiger partial charge in [0, 0.05) is 17.9 Å². The van der Waals surface area contributed by atoms with Gasteiger partial charge in [0.1, 0.15) is 0 Å². The number of aromatic nitrogens is 1. The number of benzene rings is 1. The van der Waals surface area contributed by atoms with Gasteiger partial charge >= 0.3 is 0 Å². The fourth-order valence-corrected chi connectivity index (χ4v) is 2.14. The summed E-state index contributed by atoms with van der Waals surface area (Å²) in [5.74, 6) is 2.05. The van der Waals surface area contributed by atoms with Crippen LogP contribution in [0.25, 0.3) is 11.3 Å². The Morgan fingerprint density at radius 2 is 1.94 bits per heavy atom. The summed E-state index contributed by atoms with van der Waals surface area (Å²) in [6.45, 7) is 6.59. The minimum Gasteiger partial charge on any atom is -0.441 e. The van der Waals surface area contributed by atoms with Crippen LogP contribution in [0.5, 0.6) is 0 Å². The van der Waals surface area contributed by atoms with Gasteiger partial charge in [-0.3, -0.25) is 0 Å². The number of oxazole rings is 1. The van der Waals surface area contributed by atoms with Gasteiger partial charge < -0.3 is 4.42 Å². The van der Waals surface area contributed by atoms with Crippen LogP contribution in [0, 0.1) is 0 Å². The largest absolute Gasteiger partial charge is 0.441 e. The third-order valence-corrected chi connectivity index (χ3v) is 3.05. The fraction of sp³-hybridized carbons (Fsp3) is 0.400.